The molecule has 3 nitrogen and oxygen atoms in total. The van der Waals surface area contributed by atoms with Crippen LogP contribution in [0.2, 0.25) is 0 Å². The van der Waals surface area contributed by atoms with Gasteiger partial charge in [0.15, 0.2) is 0 Å². The second-order valence-corrected chi connectivity index (χ2v) is 9.88. The van der Waals surface area contributed by atoms with Crippen molar-refractivity contribution in [1.82, 2.24) is 0 Å². The Kier molecular flexibility index (Phi) is 7.40. The van der Waals surface area contributed by atoms with Gasteiger partial charge in [0.05, 0.1) is 0 Å². The van der Waals surface area contributed by atoms with Crippen LogP contribution >= 0.6 is 7.60 Å². The normalized spacial score (nSPS) is 18.6. The average molecular weight is 511 g/mol. The summed E-state index contributed by atoms with van der Waals surface area (Å²) in [6, 6.07) is 15.7. The van der Waals surface area contributed by atoms with E-state index >= 15 is 0 Å². The number of rotatable bonds is 3. The molecule has 0 spiro atoms. The van der Waals surface area contributed by atoms with Crippen molar-refractivity contribution in [3.8, 4) is 0 Å². The van der Waals surface area contributed by atoms with Gasteiger partial charge in [0, 0.05) is 0 Å². The molecule has 0 saturated carbocycles. The van der Waals surface area contributed by atoms with Crippen LogP contribution in [0.4, 0.5) is 0 Å². The Bertz CT molecular complexity index is 1150. The van der Waals surface area contributed by atoms with Crippen LogP contribution in [-0.2, 0) is 33.8 Å². The SMILES string of the molecule is CC(C)=C1C=c2ccccc2=C1OP(=O)(O)C1=Cc2ccccc2[CH]1[Zr+2].[Cl-].[Cl-]. The first kappa shape index (κ1) is 23.4. The average Bonchev–Trinajstić information content (AvgIpc) is 3.14. The van der Waals surface area contributed by atoms with Gasteiger partial charge in [-0.25, -0.2) is 0 Å². The fraction of sp³-hybridized carbons (Fsp3) is 0.143. The number of halogens is 2. The summed E-state index contributed by atoms with van der Waals surface area (Å²) in [6.07, 6.45) is 3.84. The summed E-state index contributed by atoms with van der Waals surface area (Å²) in [5, 5.41) is 2.37. The van der Waals surface area contributed by atoms with E-state index in [1.54, 1.807) is 0 Å². The van der Waals surface area contributed by atoms with Crippen LogP contribution in [0.5, 0.6) is 0 Å². The van der Waals surface area contributed by atoms with Gasteiger partial charge >= 0.3 is 168 Å². The molecule has 0 aliphatic heterocycles. The molecule has 0 amide bonds. The van der Waals surface area contributed by atoms with Crippen LogP contribution in [-0.4, -0.2) is 4.89 Å². The van der Waals surface area contributed by atoms with E-state index < -0.39 is 7.60 Å². The van der Waals surface area contributed by atoms with Gasteiger partial charge in [0.2, 0.25) is 0 Å². The standard InChI is InChI=1S/C21H18O3P.2ClH.Zr/c1-14(2)20-13-17-9-5-6-10-19(17)21(20)24-25(22,23)18-11-15-7-3-4-8-16(15)12-18;;;/h3-13H,1-2H3,(H,22,23);2*1H;/q;;;+2/p-2. The first-order valence-electron chi connectivity index (χ1n) is 8.42. The molecule has 2 aromatic carbocycles. The smallest absolute Gasteiger partial charge is 1.00 e. The van der Waals surface area contributed by atoms with Crippen molar-refractivity contribution < 1.29 is 63.5 Å². The minimum atomic E-state index is -3.97. The second-order valence-electron chi connectivity index (χ2n) is 6.72. The van der Waals surface area contributed by atoms with Crippen molar-refractivity contribution >= 4 is 25.5 Å². The molecule has 0 heterocycles. The Morgan fingerprint density at radius 3 is 2.36 bits per heavy atom. The van der Waals surface area contributed by atoms with Gasteiger partial charge in [0.25, 0.3) is 0 Å². The molecule has 2 unspecified atom stereocenters. The van der Waals surface area contributed by atoms with E-state index in [0.717, 1.165) is 32.7 Å². The first-order chi connectivity index (χ1) is 12.4. The summed E-state index contributed by atoms with van der Waals surface area (Å²) in [5.74, 6) is 0.506. The summed E-state index contributed by atoms with van der Waals surface area (Å²) >= 11 is 1.18. The topological polar surface area (TPSA) is 46.5 Å². The third-order valence-electron chi connectivity index (χ3n) is 4.74. The third kappa shape index (κ3) is 4.04. The third-order valence-corrected chi connectivity index (χ3v) is 8.33. The van der Waals surface area contributed by atoms with Gasteiger partial charge in [-0.05, 0) is 0 Å². The maximum Gasteiger partial charge on any atom is -1.00 e. The largest absolute Gasteiger partial charge is 1.00 e. The molecule has 2 aromatic rings. The molecular weight excluding hydrogens is 493 g/mol. The Balaban J connectivity index is 0.00000140. The van der Waals surface area contributed by atoms with Gasteiger partial charge in [-0.3, -0.25) is 0 Å². The molecule has 0 aromatic heterocycles. The van der Waals surface area contributed by atoms with Crippen LogP contribution in [0.15, 0.2) is 65.0 Å². The summed E-state index contributed by atoms with van der Waals surface area (Å²) in [4.78, 5) is 10.9. The zero-order chi connectivity index (χ0) is 18.5. The Hall–Kier alpha value is -0.887. The number of hydrogen-bond donors (Lipinski definition) is 1. The number of allylic oxidation sites excluding steroid dienone is 2. The van der Waals surface area contributed by atoms with Crippen molar-refractivity contribution in [3.05, 3.63) is 86.6 Å². The van der Waals surface area contributed by atoms with E-state index in [-0.39, 0.29) is 28.4 Å². The van der Waals surface area contributed by atoms with Crippen molar-refractivity contribution in [2.75, 3.05) is 0 Å². The first-order valence-corrected chi connectivity index (χ1v) is 11.4. The maximum absolute atomic E-state index is 13.3. The maximum atomic E-state index is 13.3. The molecule has 7 heteroatoms. The summed E-state index contributed by atoms with van der Waals surface area (Å²) in [7, 11) is -3.97. The number of fused-ring (bicyclic) bond motifs is 2. The van der Waals surface area contributed by atoms with Crippen LogP contribution in [0.25, 0.3) is 17.9 Å². The van der Waals surface area contributed by atoms with Crippen molar-refractivity contribution in [2.45, 2.75) is 17.5 Å². The monoisotopic (exact) mass is 509 g/mol. The van der Waals surface area contributed by atoms with E-state index in [4.69, 9.17) is 4.52 Å². The van der Waals surface area contributed by atoms with Crippen LogP contribution in [0.1, 0.15) is 28.6 Å². The summed E-state index contributed by atoms with van der Waals surface area (Å²) in [5.41, 5.74) is 4.05. The zero-order valence-corrected chi connectivity index (χ0v) is 20.2. The molecule has 4 rings (SSSR count). The molecule has 0 bridgehead atoms. The van der Waals surface area contributed by atoms with E-state index in [9.17, 15) is 9.46 Å². The van der Waals surface area contributed by atoms with E-state index in [1.165, 1.54) is 24.7 Å². The fourth-order valence-corrected chi connectivity index (χ4v) is 6.77. The predicted octanol–water partition coefficient (Wildman–Crippen LogP) is -2.22. The quantitative estimate of drug-likeness (QED) is 0.476. The van der Waals surface area contributed by atoms with Crippen LogP contribution in [0, 0.1) is 0 Å². The molecule has 1 N–H and O–H groups in total. The summed E-state index contributed by atoms with van der Waals surface area (Å²) in [6.45, 7) is 3.97. The minimum Gasteiger partial charge on any atom is -1.00 e. The summed E-state index contributed by atoms with van der Waals surface area (Å²) < 4.78 is 19.1. The van der Waals surface area contributed by atoms with Crippen LogP contribution < -0.4 is 35.3 Å². The van der Waals surface area contributed by atoms with E-state index in [1.807, 2.05) is 74.5 Å². The molecule has 0 radical (unpaired) electrons. The van der Waals surface area contributed by atoms with Gasteiger partial charge in [0.1, 0.15) is 0 Å². The fourth-order valence-electron chi connectivity index (χ4n) is 3.39. The Morgan fingerprint density at radius 2 is 1.68 bits per heavy atom. The second kappa shape index (κ2) is 8.86. The number of benzene rings is 2. The van der Waals surface area contributed by atoms with E-state index in [0.29, 0.717) is 11.1 Å². The predicted molar refractivity (Wildman–Crippen MR) is 100 cm³/mol. The van der Waals surface area contributed by atoms with Gasteiger partial charge in [-0.1, -0.05) is 0 Å². The van der Waals surface area contributed by atoms with Gasteiger partial charge < -0.3 is 24.8 Å². The molecule has 143 valence electrons. The molecule has 2 atom stereocenters. The van der Waals surface area contributed by atoms with Gasteiger partial charge in [-0.15, -0.1) is 0 Å². The Morgan fingerprint density at radius 1 is 1.04 bits per heavy atom. The van der Waals surface area contributed by atoms with Crippen LogP contribution in [0.3, 0.4) is 0 Å². The molecule has 0 saturated heterocycles. The zero-order valence-electron chi connectivity index (χ0n) is 15.3. The molecule has 2 aliphatic rings. The van der Waals surface area contributed by atoms with Crippen molar-refractivity contribution in [1.29, 1.82) is 0 Å². The van der Waals surface area contributed by atoms with Crippen molar-refractivity contribution in [2.24, 2.45) is 0 Å². The number of hydrogen-bond acceptors (Lipinski definition) is 2. The van der Waals surface area contributed by atoms with E-state index in [2.05, 4.69) is 0 Å². The molecule has 28 heavy (non-hydrogen) atoms. The van der Waals surface area contributed by atoms with Gasteiger partial charge in [-0.2, -0.15) is 0 Å². The molecule has 2 aliphatic carbocycles. The molecular formula is C21H18Cl2O3PZr. The Labute approximate surface area is 192 Å². The minimum absolute atomic E-state index is 0. The molecule has 0 fully saturated rings. The van der Waals surface area contributed by atoms with Crippen molar-refractivity contribution in [3.63, 3.8) is 0 Å².